The molecule has 7 nitrogen and oxygen atoms in total. The summed E-state index contributed by atoms with van der Waals surface area (Å²) in [5, 5.41) is 17.3. The van der Waals surface area contributed by atoms with Gasteiger partial charge in [0.25, 0.3) is 5.91 Å². The molecule has 1 aliphatic rings. The summed E-state index contributed by atoms with van der Waals surface area (Å²) < 4.78 is 12.5. The highest BCUT2D eigenvalue weighted by molar-refractivity contribution is 6.02. The van der Waals surface area contributed by atoms with Gasteiger partial charge in [-0.15, -0.1) is 0 Å². The van der Waals surface area contributed by atoms with Gasteiger partial charge in [0.05, 0.1) is 12.2 Å². The summed E-state index contributed by atoms with van der Waals surface area (Å²) in [7, 11) is 0. The van der Waals surface area contributed by atoms with Crippen molar-refractivity contribution in [1.82, 2.24) is 15.1 Å². The van der Waals surface area contributed by atoms with Crippen LogP contribution in [0.2, 0.25) is 0 Å². The van der Waals surface area contributed by atoms with Crippen LogP contribution in [0.3, 0.4) is 0 Å². The molecule has 2 heterocycles. The summed E-state index contributed by atoms with van der Waals surface area (Å²) in [4.78, 5) is 12.8. The van der Waals surface area contributed by atoms with Crippen molar-refractivity contribution in [2.24, 2.45) is 0 Å². The van der Waals surface area contributed by atoms with Gasteiger partial charge in [-0.3, -0.25) is 9.48 Å². The Morgan fingerprint density at radius 3 is 2.51 bits per heavy atom. The molecule has 0 aliphatic carbocycles. The largest absolute Gasteiger partial charge is 0.454 e. The first-order chi connectivity index (χ1) is 17.2. The lowest BCUT2D eigenvalue weighted by atomic mass is 10.1. The second-order valence-electron chi connectivity index (χ2n) is 8.02. The van der Waals surface area contributed by atoms with Gasteiger partial charge in [0.2, 0.25) is 6.79 Å². The Labute approximate surface area is 202 Å². The van der Waals surface area contributed by atoms with Crippen LogP contribution in [0.5, 0.6) is 11.5 Å². The van der Waals surface area contributed by atoms with Crippen LogP contribution in [-0.2, 0) is 17.9 Å². The van der Waals surface area contributed by atoms with Crippen molar-refractivity contribution < 1.29 is 14.3 Å². The van der Waals surface area contributed by atoms with Crippen LogP contribution in [0.25, 0.3) is 17.3 Å². The second kappa shape index (κ2) is 9.98. The van der Waals surface area contributed by atoms with Crippen LogP contribution in [0.15, 0.2) is 90.6 Å². The van der Waals surface area contributed by atoms with Gasteiger partial charge in [-0.25, -0.2) is 0 Å². The molecule has 0 unspecified atom stereocenters. The van der Waals surface area contributed by atoms with E-state index >= 15 is 0 Å². The maximum atomic E-state index is 12.8. The number of nitrogens with zero attached hydrogens (tertiary/aromatic N) is 3. The Hall–Kier alpha value is -4.83. The number of ether oxygens (including phenoxy) is 2. The lowest BCUT2D eigenvalue weighted by Gasteiger charge is -2.06. The SMILES string of the molecule is N#CC(=Cc1cn(Cc2ccccc2)nc1-c1ccccc1)C(=O)NCc1ccc2c(c1)OCO2. The average Bonchev–Trinajstić information content (AvgIpc) is 3.53. The minimum atomic E-state index is -0.458. The quantitative estimate of drug-likeness (QED) is 0.322. The van der Waals surface area contributed by atoms with Crippen LogP contribution < -0.4 is 14.8 Å². The molecule has 0 bridgehead atoms. The summed E-state index contributed by atoms with van der Waals surface area (Å²) in [5.74, 6) is 0.866. The number of hydrogen-bond acceptors (Lipinski definition) is 5. The highest BCUT2D eigenvalue weighted by Crippen LogP contribution is 2.32. The van der Waals surface area contributed by atoms with Crippen molar-refractivity contribution >= 4 is 12.0 Å². The number of amides is 1. The predicted molar refractivity (Wildman–Crippen MR) is 131 cm³/mol. The third-order valence-electron chi connectivity index (χ3n) is 5.58. The van der Waals surface area contributed by atoms with E-state index in [1.807, 2.05) is 89.7 Å². The number of nitriles is 1. The zero-order valence-electron chi connectivity index (χ0n) is 18.8. The average molecular weight is 463 g/mol. The van der Waals surface area contributed by atoms with Gasteiger partial charge in [0.1, 0.15) is 11.6 Å². The number of carbonyl (C=O) groups excluding carboxylic acids is 1. The van der Waals surface area contributed by atoms with E-state index in [9.17, 15) is 10.1 Å². The first-order valence-corrected chi connectivity index (χ1v) is 11.1. The Balaban J connectivity index is 1.39. The van der Waals surface area contributed by atoms with Gasteiger partial charge in [-0.1, -0.05) is 66.7 Å². The summed E-state index contributed by atoms with van der Waals surface area (Å²) >= 11 is 0. The molecule has 3 aromatic carbocycles. The van der Waals surface area contributed by atoms with Crippen LogP contribution >= 0.6 is 0 Å². The normalized spacial score (nSPS) is 12.3. The van der Waals surface area contributed by atoms with Gasteiger partial charge >= 0.3 is 0 Å². The molecule has 1 aromatic heterocycles. The highest BCUT2D eigenvalue weighted by atomic mass is 16.7. The van der Waals surface area contributed by atoms with Gasteiger partial charge in [-0.05, 0) is 29.3 Å². The minimum Gasteiger partial charge on any atom is -0.454 e. The van der Waals surface area contributed by atoms with Crippen molar-refractivity contribution in [2.45, 2.75) is 13.1 Å². The lowest BCUT2D eigenvalue weighted by Crippen LogP contribution is -2.23. The summed E-state index contributed by atoms with van der Waals surface area (Å²) in [6.07, 6.45) is 3.45. The summed E-state index contributed by atoms with van der Waals surface area (Å²) in [6, 6.07) is 27.2. The Bertz CT molecular complexity index is 1420. The van der Waals surface area contributed by atoms with E-state index in [0.717, 1.165) is 16.7 Å². The van der Waals surface area contributed by atoms with Crippen molar-refractivity contribution in [3.63, 3.8) is 0 Å². The lowest BCUT2D eigenvalue weighted by molar-refractivity contribution is -0.117. The van der Waals surface area contributed by atoms with E-state index in [0.29, 0.717) is 29.3 Å². The molecule has 1 aliphatic heterocycles. The van der Waals surface area contributed by atoms with Crippen LogP contribution in [0, 0.1) is 11.3 Å². The first-order valence-electron chi connectivity index (χ1n) is 11.1. The Morgan fingerprint density at radius 1 is 1.00 bits per heavy atom. The van der Waals surface area contributed by atoms with E-state index in [4.69, 9.17) is 14.6 Å². The van der Waals surface area contributed by atoms with Gasteiger partial charge < -0.3 is 14.8 Å². The standard InChI is InChI=1S/C28H22N4O3/c29-15-23(28(33)30-16-21-11-12-25-26(13-21)35-19-34-25)14-24-18-32(17-20-7-3-1-4-8-20)31-27(24)22-9-5-2-6-10-22/h1-14,18H,16-17,19H2,(H,30,33). The third-order valence-corrected chi connectivity index (χ3v) is 5.58. The number of carbonyl (C=O) groups is 1. The molecule has 0 radical (unpaired) electrons. The van der Waals surface area contributed by atoms with Crippen molar-refractivity contribution in [3.8, 4) is 28.8 Å². The molecule has 0 atom stereocenters. The second-order valence-corrected chi connectivity index (χ2v) is 8.02. The zero-order valence-corrected chi connectivity index (χ0v) is 18.8. The molecule has 0 spiro atoms. The van der Waals surface area contributed by atoms with Crippen LogP contribution in [-0.4, -0.2) is 22.5 Å². The van der Waals surface area contributed by atoms with Crippen LogP contribution in [0.1, 0.15) is 16.7 Å². The zero-order chi connectivity index (χ0) is 24.0. The molecule has 172 valence electrons. The minimum absolute atomic E-state index is 0.00202. The maximum absolute atomic E-state index is 12.8. The molecular formula is C28H22N4O3. The molecular weight excluding hydrogens is 440 g/mol. The fraction of sp³-hybridized carbons (Fsp3) is 0.107. The predicted octanol–water partition coefficient (Wildman–Crippen LogP) is 4.55. The van der Waals surface area contributed by atoms with Crippen molar-refractivity contribution in [2.75, 3.05) is 6.79 Å². The molecule has 4 aromatic rings. The number of nitrogens with one attached hydrogen (secondary N) is 1. The maximum Gasteiger partial charge on any atom is 0.262 e. The molecule has 0 saturated heterocycles. The fourth-order valence-electron chi connectivity index (χ4n) is 3.85. The number of hydrogen-bond donors (Lipinski definition) is 1. The Kier molecular flexibility index (Phi) is 6.27. The van der Waals surface area contributed by atoms with Crippen molar-refractivity contribution in [3.05, 3.63) is 107 Å². The highest BCUT2D eigenvalue weighted by Gasteiger charge is 2.16. The van der Waals surface area contributed by atoms with E-state index in [2.05, 4.69) is 5.32 Å². The number of aromatic nitrogens is 2. The topological polar surface area (TPSA) is 89.2 Å². The molecule has 0 saturated carbocycles. The molecule has 7 heteroatoms. The first kappa shape index (κ1) is 22.0. The van der Waals surface area contributed by atoms with E-state index in [1.165, 1.54) is 0 Å². The summed E-state index contributed by atoms with van der Waals surface area (Å²) in [6.45, 7) is 1.02. The van der Waals surface area contributed by atoms with E-state index in [1.54, 1.807) is 12.1 Å². The molecule has 5 rings (SSSR count). The number of fused-ring (bicyclic) bond motifs is 1. The van der Waals surface area contributed by atoms with Gasteiger partial charge in [0, 0.05) is 23.9 Å². The smallest absolute Gasteiger partial charge is 0.262 e. The van der Waals surface area contributed by atoms with E-state index < -0.39 is 5.91 Å². The molecule has 1 N–H and O–H groups in total. The number of rotatable bonds is 7. The third kappa shape index (κ3) is 5.07. The molecule has 35 heavy (non-hydrogen) atoms. The van der Waals surface area contributed by atoms with Gasteiger partial charge in [0.15, 0.2) is 11.5 Å². The Morgan fingerprint density at radius 2 is 1.74 bits per heavy atom. The molecule has 0 fully saturated rings. The van der Waals surface area contributed by atoms with Crippen molar-refractivity contribution in [1.29, 1.82) is 5.26 Å². The summed E-state index contributed by atoms with van der Waals surface area (Å²) in [5.41, 5.74) is 4.26. The van der Waals surface area contributed by atoms with Gasteiger partial charge in [-0.2, -0.15) is 10.4 Å². The fourth-order valence-corrected chi connectivity index (χ4v) is 3.85. The number of benzene rings is 3. The van der Waals surface area contributed by atoms with E-state index in [-0.39, 0.29) is 18.9 Å². The monoisotopic (exact) mass is 462 g/mol. The van der Waals surface area contributed by atoms with Crippen LogP contribution in [0.4, 0.5) is 0 Å². The molecule has 1 amide bonds.